The van der Waals surface area contributed by atoms with Crippen LogP contribution in [0.2, 0.25) is 0 Å². The van der Waals surface area contributed by atoms with Crippen molar-refractivity contribution in [2.45, 2.75) is 38.4 Å². The van der Waals surface area contributed by atoms with Crippen molar-refractivity contribution in [1.29, 1.82) is 0 Å². The number of para-hydroxylation sites is 1. The van der Waals surface area contributed by atoms with E-state index < -0.39 is 5.97 Å². The number of aliphatic carboxylic acids is 1. The Balaban J connectivity index is 2.49. The zero-order valence-corrected chi connectivity index (χ0v) is 13.2. The Labute approximate surface area is 127 Å². The van der Waals surface area contributed by atoms with Gasteiger partial charge in [-0.2, -0.15) is 0 Å². The summed E-state index contributed by atoms with van der Waals surface area (Å²) in [5.41, 5.74) is 1.03. The first-order chi connectivity index (χ1) is 9.90. The van der Waals surface area contributed by atoms with E-state index in [9.17, 15) is 9.18 Å². The van der Waals surface area contributed by atoms with Gasteiger partial charge in [0.25, 0.3) is 0 Å². The first-order valence-electron chi connectivity index (χ1n) is 6.91. The second-order valence-corrected chi connectivity index (χ2v) is 6.48. The third-order valence-corrected chi connectivity index (χ3v) is 4.15. The predicted octanol–water partition coefficient (Wildman–Crippen LogP) is 3.96. The fourth-order valence-corrected chi connectivity index (χ4v) is 3.33. The van der Waals surface area contributed by atoms with Crippen molar-refractivity contribution < 1.29 is 14.3 Å². The monoisotopic (exact) mass is 310 g/mol. The van der Waals surface area contributed by atoms with Crippen molar-refractivity contribution in [3.8, 4) is 0 Å². The maximum Gasteiger partial charge on any atom is 0.313 e. The van der Waals surface area contributed by atoms with E-state index >= 15 is 0 Å². The van der Waals surface area contributed by atoms with Gasteiger partial charge in [0.1, 0.15) is 5.52 Å². The number of carboxylic acid groups (broad SMARTS) is 1. The van der Waals surface area contributed by atoms with E-state index in [-0.39, 0.29) is 17.6 Å². The lowest BCUT2D eigenvalue weighted by Crippen LogP contribution is -2.10. The zero-order chi connectivity index (χ0) is 15.6. The standard InChI is InChI=1S/C15H19FN2O2S/c1-9(2)7-10(3)18-12-6-4-5-11(16)14(12)17-15(18)21-8-13(19)20/h4-6,9-10H,7-8H2,1-3H3,(H,19,20). The lowest BCUT2D eigenvalue weighted by atomic mass is 10.1. The minimum absolute atomic E-state index is 0.0840. The van der Waals surface area contributed by atoms with Crippen LogP contribution in [-0.4, -0.2) is 26.4 Å². The highest BCUT2D eigenvalue weighted by Crippen LogP contribution is 2.31. The molecule has 0 amide bonds. The van der Waals surface area contributed by atoms with Crippen LogP contribution in [0.5, 0.6) is 0 Å². The van der Waals surface area contributed by atoms with E-state index in [0.717, 1.165) is 23.7 Å². The van der Waals surface area contributed by atoms with E-state index in [4.69, 9.17) is 5.11 Å². The highest BCUT2D eigenvalue weighted by molar-refractivity contribution is 7.99. The number of fused-ring (bicyclic) bond motifs is 1. The molecule has 0 saturated heterocycles. The van der Waals surface area contributed by atoms with Gasteiger partial charge in [0.05, 0.1) is 11.3 Å². The van der Waals surface area contributed by atoms with Crippen LogP contribution in [0.15, 0.2) is 23.4 Å². The second kappa shape index (κ2) is 6.47. The molecular weight excluding hydrogens is 291 g/mol. The molecule has 0 aliphatic heterocycles. The van der Waals surface area contributed by atoms with Gasteiger partial charge in [-0.1, -0.05) is 31.7 Å². The van der Waals surface area contributed by atoms with Crippen LogP contribution in [0.1, 0.15) is 33.2 Å². The number of rotatable bonds is 6. The molecule has 0 aliphatic rings. The summed E-state index contributed by atoms with van der Waals surface area (Å²) in [5.74, 6) is -0.876. The molecule has 2 aromatic rings. The Kier molecular flexibility index (Phi) is 4.88. The van der Waals surface area contributed by atoms with Crippen molar-refractivity contribution in [3.63, 3.8) is 0 Å². The van der Waals surface area contributed by atoms with Crippen molar-refractivity contribution in [3.05, 3.63) is 24.0 Å². The molecule has 1 atom stereocenters. The number of hydrogen-bond donors (Lipinski definition) is 1. The highest BCUT2D eigenvalue weighted by Gasteiger charge is 2.19. The molecule has 0 bridgehead atoms. The minimum Gasteiger partial charge on any atom is -0.481 e. The van der Waals surface area contributed by atoms with Gasteiger partial charge in [-0.15, -0.1) is 0 Å². The van der Waals surface area contributed by atoms with Gasteiger partial charge in [-0.25, -0.2) is 9.37 Å². The summed E-state index contributed by atoms with van der Waals surface area (Å²) in [4.78, 5) is 15.1. The summed E-state index contributed by atoms with van der Waals surface area (Å²) in [5, 5.41) is 9.41. The Morgan fingerprint density at radius 1 is 1.43 bits per heavy atom. The molecular formula is C15H19FN2O2S. The van der Waals surface area contributed by atoms with Gasteiger partial charge < -0.3 is 9.67 Å². The maximum absolute atomic E-state index is 13.9. The van der Waals surface area contributed by atoms with E-state index in [1.807, 2.05) is 10.6 Å². The number of hydrogen-bond acceptors (Lipinski definition) is 3. The molecule has 4 nitrogen and oxygen atoms in total. The summed E-state index contributed by atoms with van der Waals surface area (Å²) in [6.45, 7) is 6.30. The smallest absolute Gasteiger partial charge is 0.313 e. The summed E-state index contributed by atoms with van der Waals surface area (Å²) < 4.78 is 15.9. The molecule has 6 heteroatoms. The van der Waals surface area contributed by atoms with Gasteiger partial charge in [-0.05, 0) is 31.4 Å². The van der Waals surface area contributed by atoms with Gasteiger partial charge >= 0.3 is 5.97 Å². The molecule has 1 heterocycles. The molecule has 1 aromatic heterocycles. The molecule has 1 N–H and O–H groups in total. The Morgan fingerprint density at radius 2 is 2.14 bits per heavy atom. The fraction of sp³-hybridized carbons (Fsp3) is 0.467. The predicted molar refractivity (Wildman–Crippen MR) is 82.2 cm³/mol. The van der Waals surface area contributed by atoms with Crippen LogP contribution < -0.4 is 0 Å². The Bertz CT molecular complexity index is 654. The number of nitrogens with zero attached hydrogens (tertiary/aromatic N) is 2. The average Bonchev–Trinajstić information content (AvgIpc) is 2.75. The molecule has 0 radical (unpaired) electrons. The zero-order valence-electron chi connectivity index (χ0n) is 12.3. The topological polar surface area (TPSA) is 55.1 Å². The maximum atomic E-state index is 13.9. The Hall–Kier alpha value is -1.56. The molecule has 0 fully saturated rings. The Morgan fingerprint density at radius 3 is 2.76 bits per heavy atom. The summed E-state index contributed by atoms with van der Waals surface area (Å²) >= 11 is 1.13. The van der Waals surface area contributed by atoms with Crippen LogP contribution in [0.25, 0.3) is 11.0 Å². The van der Waals surface area contributed by atoms with E-state index in [1.54, 1.807) is 6.07 Å². The third kappa shape index (κ3) is 3.56. The minimum atomic E-state index is -0.907. The molecule has 1 aromatic carbocycles. The number of imidazole rings is 1. The van der Waals surface area contributed by atoms with Crippen LogP contribution in [0.3, 0.4) is 0 Å². The highest BCUT2D eigenvalue weighted by atomic mass is 32.2. The van der Waals surface area contributed by atoms with Gasteiger partial charge in [-0.3, -0.25) is 4.79 Å². The van der Waals surface area contributed by atoms with Crippen LogP contribution in [0, 0.1) is 11.7 Å². The van der Waals surface area contributed by atoms with E-state index in [2.05, 4.69) is 25.8 Å². The molecule has 0 saturated carbocycles. The second-order valence-electron chi connectivity index (χ2n) is 5.53. The number of aromatic nitrogens is 2. The quantitative estimate of drug-likeness (QED) is 0.821. The van der Waals surface area contributed by atoms with Crippen molar-refractivity contribution >= 4 is 28.8 Å². The van der Waals surface area contributed by atoms with E-state index in [0.29, 0.717) is 16.6 Å². The first kappa shape index (κ1) is 15.8. The number of halogens is 1. The average molecular weight is 310 g/mol. The van der Waals surface area contributed by atoms with Gasteiger partial charge in [0.2, 0.25) is 0 Å². The van der Waals surface area contributed by atoms with Crippen molar-refractivity contribution in [1.82, 2.24) is 9.55 Å². The number of benzene rings is 1. The lowest BCUT2D eigenvalue weighted by molar-refractivity contribution is -0.133. The lowest BCUT2D eigenvalue weighted by Gasteiger charge is -2.19. The molecule has 0 aliphatic carbocycles. The van der Waals surface area contributed by atoms with Crippen molar-refractivity contribution in [2.24, 2.45) is 5.92 Å². The summed E-state index contributed by atoms with van der Waals surface area (Å²) in [6.07, 6.45) is 0.919. The molecule has 1 unspecified atom stereocenters. The van der Waals surface area contributed by atoms with Gasteiger partial charge in [0, 0.05) is 6.04 Å². The number of thioether (sulfide) groups is 1. The SMILES string of the molecule is CC(C)CC(C)n1c(SCC(=O)O)nc2c(F)cccc21. The van der Waals surface area contributed by atoms with E-state index in [1.165, 1.54) is 6.07 Å². The van der Waals surface area contributed by atoms with Crippen LogP contribution >= 0.6 is 11.8 Å². The summed E-state index contributed by atoms with van der Waals surface area (Å²) in [7, 11) is 0. The van der Waals surface area contributed by atoms with Gasteiger partial charge in [0.15, 0.2) is 11.0 Å². The molecule has 114 valence electrons. The molecule has 2 rings (SSSR count). The van der Waals surface area contributed by atoms with Crippen LogP contribution in [0.4, 0.5) is 4.39 Å². The first-order valence-corrected chi connectivity index (χ1v) is 7.89. The fourth-order valence-electron chi connectivity index (χ4n) is 2.50. The summed E-state index contributed by atoms with van der Waals surface area (Å²) in [6, 6.07) is 4.99. The third-order valence-electron chi connectivity index (χ3n) is 3.22. The van der Waals surface area contributed by atoms with Crippen LogP contribution in [-0.2, 0) is 4.79 Å². The number of carboxylic acids is 1. The normalized spacial score (nSPS) is 13.0. The molecule has 21 heavy (non-hydrogen) atoms. The number of carbonyl (C=O) groups is 1. The molecule has 0 spiro atoms. The van der Waals surface area contributed by atoms with Crippen molar-refractivity contribution in [2.75, 3.05) is 5.75 Å². The largest absolute Gasteiger partial charge is 0.481 e.